The van der Waals surface area contributed by atoms with Crippen LogP contribution in [0.3, 0.4) is 0 Å². The smallest absolute Gasteiger partial charge is 0.244 e. The molecule has 0 fully saturated rings. The fraction of sp³-hybridized carbons (Fsp3) is 0.150. The molecule has 0 aliphatic heterocycles. The van der Waals surface area contributed by atoms with E-state index in [-0.39, 0.29) is 24.8 Å². The fourth-order valence-electron chi connectivity index (χ4n) is 2.41. The van der Waals surface area contributed by atoms with Gasteiger partial charge in [0.15, 0.2) is 5.13 Å². The monoisotopic (exact) mass is 415 g/mol. The molecule has 2 heterocycles. The second kappa shape index (κ2) is 9.34. The second-order valence-corrected chi connectivity index (χ2v) is 7.51. The molecule has 0 bridgehead atoms. The first-order valence-corrected chi connectivity index (χ1v) is 9.73. The van der Waals surface area contributed by atoms with Crippen molar-refractivity contribution in [3.63, 3.8) is 0 Å². The normalized spacial score (nSPS) is 10.9. The lowest BCUT2D eigenvalue weighted by Crippen LogP contribution is -2.26. The minimum atomic E-state index is -0.292. The Labute approximate surface area is 171 Å². The maximum Gasteiger partial charge on any atom is 0.244 e. The predicted molar refractivity (Wildman–Crippen MR) is 111 cm³/mol. The summed E-state index contributed by atoms with van der Waals surface area (Å²) in [5.74, 6) is 0.0783. The van der Waals surface area contributed by atoms with Gasteiger partial charge in [-0.1, -0.05) is 23.7 Å². The number of anilines is 1. The van der Waals surface area contributed by atoms with Crippen LogP contribution in [0.4, 0.5) is 5.13 Å². The molecule has 2 aromatic heterocycles. The number of nitrogens with one attached hydrogen (secondary N) is 2. The van der Waals surface area contributed by atoms with E-state index in [1.165, 1.54) is 23.7 Å². The molecular formula is C20H18ClN3O3S. The molecule has 8 heteroatoms. The Bertz CT molecular complexity index is 979. The van der Waals surface area contributed by atoms with Crippen LogP contribution in [0.25, 0.3) is 17.3 Å². The summed E-state index contributed by atoms with van der Waals surface area (Å²) in [6.07, 6.45) is 4.60. The highest BCUT2D eigenvalue weighted by Crippen LogP contribution is 2.31. The van der Waals surface area contributed by atoms with Gasteiger partial charge in [0.05, 0.1) is 12.0 Å². The Hall–Kier alpha value is -2.90. The van der Waals surface area contributed by atoms with Gasteiger partial charge in [-0.15, -0.1) is 11.3 Å². The number of furan rings is 1. The average Bonchev–Trinajstić information content (AvgIpc) is 3.30. The SMILES string of the molecule is Cc1sc(NC(=O)CCNC(=O)/C=C/c2ccco2)nc1-c1ccc(Cl)cc1. The van der Waals surface area contributed by atoms with Gasteiger partial charge in [0.1, 0.15) is 5.76 Å². The summed E-state index contributed by atoms with van der Waals surface area (Å²) in [6, 6.07) is 10.9. The molecule has 0 aliphatic carbocycles. The van der Waals surface area contributed by atoms with Crippen LogP contribution in [-0.2, 0) is 9.59 Å². The number of hydrogen-bond donors (Lipinski definition) is 2. The lowest BCUT2D eigenvalue weighted by atomic mass is 10.1. The minimum absolute atomic E-state index is 0.148. The zero-order valence-corrected chi connectivity index (χ0v) is 16.6. The molecule has 0 saturated carbocycles. The molecule has 2 N–H and O–H groups in total. The number of nitrogens with zero attached hydrogens (tertiary/aromatic N) is 1. The molecule has 2 amide bonds. The van der Waals surface area contributed by atoms with E-state index in [1.807, 2.05) is 19.1 Å². The number of aryl methyl sites for hydroxylation is 1. The van der Waals surface area contributed by atoms with Gasteiger partial charge in [0.25, 0.3) is 0 Å². The van der Waals surface area contributed by atoms with Crippen molar-refractivity contribution in [2.75, 3.05) is 11.9 Å². The number of benzene rings is 1. The predicted octanol–water partition coefficient (Wildman–Crippen LogP) is 4.52. The van der Waals surface area contributed by atoms with Crippen molar-refractivity contribution in [3.8, 4) is 11.3 Å². The molecule has 6 nitrogen and oxygen atoms in total. The number of halogens is 1. The maximum atomic E-state index is 12.1. The Morgan fingerprint density at radius 1 is 1.25 bits per heavy atom. The van der Waals surface area contributed by atoms with Gasteiger partial charge in [-0.05, 0) is 37.3 Å². The summed E-state index contributed by atoms with van der Waals surface area (Å²) in [7, 11) is 0. The molecule has 0 saturated heterocycles. The molecule has 144 valence electrons. The summed E-state index contributed by atoms with van der Waals surface area (Å²) in [5, 5.41) is 6.61. The van der Waals surface area contributed by atoms with Crippen LogP contribution < -0.4 is 10.6 Å². The first-order valence-electron chi connectivity index (χ1n) is 8.54. The quantitative estimate of drug-likeness (QED) is 0.555. The van der Waals surface area contributed by atoms with E-state index in [0.29, 0.717) is 15.9 Å². The zero-order valence-electron chi connectivity index (χ0n) is 15.1. The van der Waals surface area contributed by atoms with Crippen LogP contribution in [0.15, 0.2) is 53.2 Å². The Kier molecular flexibility index (Phi) is 6.62. The number of amides is 2. The summed E-state index contributed by atoms with van der Waals surface area (Å²) in [6.45, 7) is 2.17. The Morgan fingerprint density at radius 3 is 2.75 bits per heavy atom. The van der Waals surface area contributed by atoms with Crippen molar-refractivity contribution in [3.05, 3.63) is 64.4 Å². The van der Waals surface area contributed by atoms with Gasteiger partial charge >= 0.3 is 0 Å². The van der Waals surface area contributed by atoms with Gasteiger partial charge in [0, 0.05) is 34.5 Å². The standard InChI is InChI=1S/C20H18ClN3O3S/c1-13-19(14-4-6-15(21)7-5-14)24-20(28-13)23-18(26)10-11-22-17(25)9-8-16-3-2-12-27-16/h2-9,12H,10-11H2,1H3,(H,22,25)(H,23,24,26)/b9-8+. The van der Waals surface area contributed by atoms with Crippen LogP contribution in [0, 0.1) is 6.92 Å². The third-order valence-electron chi connectivity index (χ3n) is 3.75. The van der Waals surface area contributed by atoms with Crippen LogP contribution in [0.1, 0.15) is 17.1 Å². The number of hydrogen-bond acceptors (Lipinski definition) is 5. The van der Waals surface area contributed by atoms with E-state index < -0.39 is 0 Å². The maximum absolute atomic E-state index is 12.1. The van der Waals surface area contributed by atoms with Crippen LogP contribution in [0.2, 0.25) is 5.02 Å². The van der Waals surface area contributed by atoms with E-state index in [9.17, 15) is 9.59 Å². The van der Waals surface area contributed by atoms with Gasteiger partial charge in [0.2, 0.25) is 11.8 Å². The first kappa shape index (κ1) is 19.9. The second-order valence-electron chi connectivity index (χ2n) is 5.87. The molecule has 0 atom stereocenters. The first-order chi connectivity index (χ1) is 13.5. The Morgan fingerprint density at radius 2 is 2.04 bits per heavy atom. The van der Waals surface area contributed by atoms with Crippen LogP contribution >= 0.6 is 22.9 Å². The highest BCUT2D eigenvalue weighted by atomic mass is 35.5. The summed E-state index contributed by atoms with van der Waals surface area (Å²) in [4.78, 5) is 29.3. The molecule has 3 rings (SSSR count). The van der Waals surface area contributed by atoms with Crippen molar-refractivity contribution in [2.45, 2.75) is 13.3 Å². The van der Waals surface area contributed by atoms with Crippen molar-refractivity contribution in [1.29, 1.82) is 0 Å². The minimum Gasteiger partial charge on any atom is -0.465 e. The lowest BCUT2D eigenvalue weighted by molar-refractivity contribution is -0.117. The van der Waals surface area contributed by atoms with E-state index in [0.717, 1.165) is 16.1 Å². The van der Waals surface area contributed by atoms with Gasteiger partial charge in [-0.3, -0.25) is 9.59 Å². The number of carbonyl (C=O) groups is 2. The third kappa shape index (κ3) is 5.55. The summed E-state index contributed by atoms with van der Waals surface area (Å²) < 4.78 is 5.10. The molecule has 3 aromatic rings. The highest BCUT2D eigenvalue weighted by molar-refractivity contribution is 7.16. The summed E-state index contributed by atoms with van der Waals surface area (Å²) >= 11 is 7.32. The molecule has 0 spiro atoms. The largest absolute Gasteiger partial charge is 0.465 e. The van der Waals surface area contributed by atoms with Gasteiger partial charge in [-0.2, -0.15) is 0 Å². The lowest BCUT2D eigenvalue weighted by Gasteiger charge is -2.03. The molecule has 0 radical (unpaired) electrons. The van der Waals surface area contributed by atoms with Crippen molar-refractivity contribution >= 4 is 46.0 Å². The zero-order chi connectivity index (χ0) is 19.9. The third-order valence-corrected chi connectivity index (χ3v) is 4.89. The van der Waals surface area contributed by atoms with Crippen LogP contribution in [0.5, 0.6) is 0 Å². The van der Waals surface area contributed by atoms with Crippen LogP contribution in [-0.4, -0.2) is 23.3 Å². The highest BCUT2D eigenvalue weighted by Gasteiger charge is 2.12. The number of carbonyl (C=O) groups excluding carboxylic acids is 2. The van der Waals surface area contributed by atoms with Crippen molar-refractivity contribution in [2.24, 2.45) is 0 Å². The Balaban J connectivity index is 1.48. The topological polar surface area (TPSA) is 84.2 Å². The molecule has 1 aromatic carbocycles. The van der Waals surface area contributed by atoms with E-state index in [4.69, 9.17) is 16.0 Å². The molecule has 28 heavy (non-hydrogen) atoms. The molecule has 0 unspecified atom stereocenters. The summed E-state index contributed by atoms with van der Waals surface area (Å²) in [5.41, 5.74) is 1.75. The average molecular weight is 416 g/mol. The van der Waals surface area contributed by atoms with Crippen molar-refractivity contribution < 1.29 is 14.0 Å². The number of rotatable bonds is 7. The van der Waals surface area contributed by atoms with Crippen molar-refractivity contribution in [1.82, 2.24) is 10.3 Å². The number of aromatic nitrogens is 1. The van der Waals surface area contributed by atoms with Gasteiger partial charge < -0.3 is 15.1 Å². The fourth-order valence-corrected chi connectivity index (χ4v) is 3.39. The van der Waals surface area contributed by atoms with Gasteiger partial charge in [-0.25, -0.2) is 4.98 Å². The van der Waals surface area contributed by atoms with E-state index >= 15 is 0 Å². The van der Waals surface area contributed by atoms with E-state index in [2.05, 4.69) is 15.6 Å². The van der Waals surface area contributed by atoms with E-state index in [1.54, 1.807) is 30.3 Å². The molecular weight excluding hydrogens is 398 g/mol. The number of thiazole rings is 1. The molecule has 0 aliphatic rings.